The molecule has 0 bridgehead atoms. The molecule has 1 rings (SSSR count). The lowest BCUT2D eigenvalue weighted by Gasteiger charge is -2.23. The summed E-state index contributed by atoms with van der Waals surface area (Å²) < 4.78 is 5.66. The Balaban J connectivity index is 2.46. The quantitative estimate of drug-likeness (QED) is 0.863. The summed E-state index contributed by atoms with van der Waals surface area (Å²) in [6.07, 6.45) is 1.10. The Bertz CT molecular complexity index is 387. The third kappa shape index (κ3) is 5.21. The lowest BCUT2D eigenvalue weighted by atomic mass is 9.86. The van der Waals surface area contributed by atoms with E-state index >= 15 is 0 Å². The van der Waals surface area contributed by atoms with Gasteiger partial charge < -0.3 is 9.84 Å². The number of hydrogen-bond donors (Lipinski definition) is 1. The van der Waals surface area contributed by atoms with Crippen molar-refractivity contribution in [2.45, 2.75) is 34.1 Å². The fraction of sp³-hybridized carbons (Fsp3) is 0.533. The molecule has 1 aromatic carbocycles. The van der Waals surface area contributed by atoms with Crippen LogP contribution in [0.1, 0.15) is 44.5 Å². The molecule has 0 saturated heterocycles. The summed E-state index contributed by atoms with van der Waals surface area (Å²) in [6, 6.07) is 6.53. The van der Waals surface area contributed by atoms with Gasteiger partial charge in [-0.25, -0.2) is 4.79 Å². The molecule has 0 aliphatic carbocycles. The number of carboxylic acids is 1. The second-order valence-electron chi connectivity index (χ2n) is 6.01. The van der Waals surface area contributed by atoms with Crippen molar-refractivity contribution in [1.29, 1.82) is 0 Å². The first-order valence-corrected chi connectivity index (χ1v) is 6.24. The van der Waals surface area contributed by atoms with Gasteiger partial charge in [0.2, 0.25) is 0 Å². The highest BCUT2D eigenvalue weighted by atomic mass is 16.5. The Morgan fingerprint density at radius 2 is 1.83 bits per heavy atom. The van der Waals surface area contributed by atoms with Crippen LogP contribution in [-0.2, 0) is 0 Å². The average Bonchev–Trinajstić information content (AvgIpc) is 2.24. The van der Waals surface area contributed by atoms with Crippen molar-refractivity contribution in [1.82, 2.24) is 0 Å². The number of hydrogen-bond acceptors (Lipinski definition) is 2. The molecule has 0 radical (unpaired) electrons. The highest BCUT2D eigenvalue weighted by Crippen LogP contribution is 2.24. The van der Waals surface area contributed by atoms with Gasteiger partial charge in [0.05, 0.1) is 12.2 Å². The molecular formula is C15H22O3. The first kappa shape index (κ1) is 14.6. The minimum atomic E-state index is -0.914. The molecule has 0 spiro atoms. The minimum absolute atomic E-state index is 0.282. The van der Waals surface area contributed by atoms with Crippen molar-refractivity contribution in [3.05, 3.63) is 29.8 Å². The van der Waals surface area contributed by atoms with Crippen molar-refractivity contribution >= 4 is 5.97 Å². The first-order valence-electron chi connectivity index (χ1n) is 6.24. The van der Waals surface area contributed by atoms with Crippen LogP contribution in [0.2, 0.25) is 0 Å². The number of benzene rings is 1. The second kappa shape index (κ2) is 5.89. The topological polar surface area (TPSA) is 46.5 Å². The standard InChI is InChI=1S/C15H22O3/c1-11(9-15(2,3)4)10-18-13-7-5-12(6-8-13)14(16)17/h5-8,11H,9-10H2,1-4H3,(H,16,17). The molecule has 3 nitrogen and oxygen atoms in total. The van der Waals surface area contributed by atoms with Gasteiger partial charge in [0, 0.05) is 0 Å². The maximum Gasteiger partial charge on any atom is 0.335 e. The fourth-order valence-corrected chi connectivity index (χ4v) is 2.04. The fourth-order valence-electron chi connectivity index (χ4n) is 2.04. The predicted molar refractivity (Wildman–Crippen MR) is 72.1 cm³/mol. The summed E-state index contributed by atoms with van der Waals surface area (Å²) in [7, 11) is 0. The number of aromatic carboxylic acids is 1. The van der Waals surface area contributed by atoms with Gasteiger partial charge in [0.25, 0.3) is 0 Å². The van der Waals surface area contributed by atoms with Crippen LogP contribution in [0.5, 0.6) is 5.75 Å². The van der Waals surface area contributed by atoms with E-state index in [1.807, 2.05) is 0 Å². The number of ether oxygens (including phenoxy) is 1. The monoisotopic (exact) mass is 250 g/mol. The molecule has 18 heavy (non-hydrogen) atoms. The van der Waals surface area contributed by atoms with Crippen LogP contribution >= 0.6 is 0 Å². The molecule has 1 N–H and O–H groups in total. The Labute approximate surface area is 109 Å². The molecule has 1 aromatic rings. The summed E-state index contributed by atoms with van der Waals surface area (Å²) >= 11 is 0. The second-order valence-corrected chi connectivity index (χ2v) is 6.01. The highest BCUT2D eigenvalue weighted by Gasteiger charge is 2.15. The largest absolute Gasteiger partial charge is 0.493 e. The Morgan fingerprint density at radius 1 is 1.28 bits per heavy atom. The number of rotatable bonds is 5. The van der Waals surface area contributed by atoms with E-state index in [2.05, 4.69) is 27.7 Å². The van der Waals surface area contributed by atoms with E-state index < -0.39 is 5.97 Å². The molecule has 0 fully saturated rings. The van der Waals surface area contributed by atoms with Crippen LogP contribution in [0.4, 0.5) is 0 Å². The molecule has 0 aliphatic heterocycles. The van der Waals surface area contributed by atoms with E-state index in [0.717, 1.165) is 12.2 Å². The SMILES string of the molecule is CC(COc1ccc(C(=O)O)cc1)CC(C)(C)C. The zero-order valence-electron chi connectivity index (χ0n) is 11.6. The molecule has 0 heterocycles. The van der Waals surface area contributed by atoms with E-state index in [1.54, 1.807) is 24.3 Å². The lowest BCUT2D eigenvalue weighted by Crippen LogP contribution is -2.16. The predicted octanol–water partition coefficient (Wildman–Crippen LogP) is 3.84. The molecule has 100 valence electrons. The van der Waals surface area contributed by atoms with Gasteiger partial charge in [-0.15, -0.1) is 0 Å². The lowest BCUT2D eigenvalue weighted by molar-refractivity contribution is 0.0697. The van der Waals surface area contributed by atoms with Crippen molar-refractivity contribution in [3.63, 3.8) is 0 Å². The van der Waals surface area contributed by atoms with Crippen molar-refractivity contribution in [2.75, 3.05) is 6.61 Å². The van der Waals surface area contributed by atoms with Crippen molar-refractivity contribution in [3.8, 4) is 5.75 Å². The molecule has 1 atom stereocenters. The molecule has 0 aromatic heterocycles. The molecule has 3 heteroatoms. The maximum atomic E-state index is 10.7. The molecule has 0 amide bonds. The van der Waals surface area contributed by atoms with E-state index in [0.29, 0.717) is 17.9 Å². The summed E-state index contributed by atoms with van der Waals surface area (Å²) in [5.74, 6) is 0.285. The Morgan fingerprint density at radius 3 is 2.28 bits per heavy atom. The summed E-state index contributed by atoms with van der Waals surface area (Å²) in [5.41, 5.74) is 0.584. The van der Waals surface area contributed by atoms with Crippen LogP contribution in [0.15, 0.2) is 24.3 Å². The normalized spacial score (nSPS) is 13.1. The van der Waals surface area contributed by atoms with E-state index in [4.69, 9.17) is 9.84 Å². The van der Waals surface area contributed by atoms with E-state index in [-0.39, 0.29) is 5.56 Å². The van der Waals surface area contributed by atoms with E-state index in [9.17, 15) is 4.79 Å². The van der Waals surface area contributed by atoms with Crippen LogP contribution < -0.4 is 4.74 Å². The van der Waals surface area contributed by atoms with Gasteiger partial charge >= 0.3 is 5.97 Å². The van der Waals surface area contributed by atoms with E-state index in [1.165, 1.54) is 0 Å². The van der Waals surface area contributed by atoms with Gasteiger partial charge in [-0.3, -0.25) is 0 Å². The summed E-state index contributed by atoms with van der Waals surface area (Å²) in [5, 5.41) is 8.78. The van der Waals surface area contributed by atoms with Gasteiger partial charge in [-0.1, -0.05) is 27.7 Å². The van der Waals surface area contributed by atoms with Gasteiger partial charge in [0.1, 0.15) is 5.75 Å². The van der Waals surface area contributed by atoms with Crippen molar-refractivity contribution < 1.29 is 14.6 Å². The van der Waals surface area contributed by atoms with Gasteiger partial charge in [-0.2, -0.15) is 0 Å². The third-order valence-electron chi connectivity index (χ3n) is 2.60. The number of carboxylic acid groups (broad SMARTS) is 1. The minimum Gasteiger partial charge on any atom is -0.493 e. The van der Waals surface area contributed by atoms with Crippen LogP contribution in [0.3, 0.4) is 0 Å². The number of carbonyl (C=O) groups is 1. The zero-order chi connectivity index (χ0) is 13.8. The smallest absolute Gasteiger partial charge is 0.335 e. The van der Waals surface area contributed by atoms with Crippen molar-refractivity contribution in [2.24, 2.45) is 11.3 Å². The third-order valence-corrected chi connectivity index (χ3v) is 2.60. The zero-order valence-corrected chi connectivity index (χ0v) is 11.6. The molecular weight excluding hydrogens is 228 g/mol. The molecule has 0 saturated carbocycles. The Kier molecular flexibility index (Phi) is 4.76. The average molecular weight is 250 g/mol. The van der Waals surface area contributed by atoms with Crippen LogP contribution in [0.25, 0.3) is 0 Å². The van der Waals surface area contributed by atoms with Crippen LogP contribution in [0, 0.1) is 11.3 Å². The summed E-state index contributed by atoms with van der Waals surface area (Å²) in [4.78, 5) is 10.7. The van der Waals surface area contributed by atoms with Crippen LogP contribution in [-0.4, -0.2) is 17.7 Å². The molecule has 1 unspecified atom stereocenters. The van der Waals surface area contributed by atoms with Gasteiger partial charge in [-0.05, 0) is 42.0 Å². The Hall–Kier alpha value is -1.51. The molecule has 0 aliphatic rings. The maximum absolute atomic E-state index is 10.7. The first-order chi connectivity index (χ1) is 8.28. The summed E-state index contributed by atoms with van der Waals surface area (Å²) in [6.45, 7) is 9.46. The van der Waals surface area contributed by atoms with Gasteiger partial charge in [0.15, 0.2) is 0 Å². The highest BCUT2D eigenvalue weighted by molar-refractivity contribution is 5.87.